The smallest absolute Gasteiger partial charge is 0.255 e. The van der Waals surface area contributed by atoms with Gasteiger partial charge >= 0.3 is 0 Å². The molecule has 4 rings (SSSR count). The van der Waals surface area contributed by atoms with Crippen molar-refractivity contribution < 1.29 is 18.4 Å². The molecule has 4 N–H and O–H groups in total. The van der Waals surface area contributed by atoms with E-state index in [0.29, 0.717) is 44.5 Å². The highest BCUT2D eigenvalue weighted by Crippen LogP contribution is 2.21. The Morgan fingerprint density at radius 3 is 2.79 bits per heavy atom. The van der Waals surface area contributed by atoms with Crippen molar-refractivity contribution in [1.29, 1.82) is 0 Å². The minimum Gasteiger partial charge on any atom is -0.472 e. The summed E-state index contributed by atoms with van der Waals surface area (Å²) in [4.78, 5) is 28.7. The topological polar surface area (TPSA) is 99.2 Å². The minimum atomic E-state index is -0.966. The predicted octanol–water partition coefficient (Wildman–Crippen LogP) is 2.11. The molecule has 0 bridgehead atoms. The molecule has 0 unspecified atom stereocenters. The van der Waals surface area contributed by atoms with Crippen molar-refractivity contribution in [2.24, 2.45) is 0 Å². The van der Waals surface area contributed by atoms with E-state index in [-0.39, 0.29) is 17.6 Å². The first-order valence-electron chi connectivity index (χ1n) is 9.67. The molecule has 2 aromatic heterocycles. The number of furan rings is 1. The maximum atomic E-state index is 13.5. The Kier molecular flexibility index (Phi) is 5.35. The number of H-pyrrole nitrogens is 1. The molecule has 29 heavy (non-hydrogen) atoms. The third kappa shape index (κ3) is 4.02. The van der Waals surface area contributed by atoms with Crippen molar-refractivity contribution in [2.75, 3.05) is 19.6 Å². The molecule has 1 fully saturated rings. The van der Waals surface area contributed by atoms with Crippen LogP contribution in [0.2, 0.25) is 0 Å². The van der Waals surface area contributed by atoms with Crippen molar-refractivity contribution in [1.82, 2.24) is 20.9 Å². The second-order valence-corrected chi connectivity index (χ2v) is 7.31. The van der Waals surface area contributed by atoms with E-state index in [1.54, 1.807) is 12.1 Å². The number of hydrogen-bond acceptors (Lipinski definition) is 4. The number of nitrogens with one attached hydrogen (secondary N) is 4. The lowest BCUT2D eigenvalue weighted by molar-refractivity contribution is -0.128. The lowest BCUT2D eigenvalue weighted by Crippen LogP contribution is -2.63. The summed E-state index contributed by atoms with van der Waals surface area (Å²) in [7, 11) is 0. The van der Waals surface area contributed by atoms with Crippen LogP contribution in [0, 0.1) is 5.82 Å². The average molecular weight is 398 g/mol. The highest BCUT2D eigenvalue weighted by atomic mass is 19.1. The second kappa shape index (κ2) is 8.08. The fourth-order valence-electron chi connectivity index (χ4n) is 3.78. The molecular weight excluding hydrogens is 375 g/mol. The van der Waals surface area contributed by atoms with Crippen LogP contribution in [0.3, 0.4) is 0 Å². The van der Waals surface area contributed by atoms with E-state index < -0.39 is 5.54 Å². The van der Waals surface area contributed by atoms with E-state index in [1.165, 1.54) is 24.7 Å². The third-order valence-electron chi connectivity index (χ3n) is 5.44. The van der Waals surface area contributed by atoms with E-state index >= 15 is 0 Å². The summed E-state index contributed by atoms with van der Waals surface area (Å²) in [5.74, 6) is -0.831. The quantitative estimate of drug-likeness (QED) is 0.511. The predicted molar refractivity (Wildman–Crippen MR) is 106 cm³/mol. The molecule has 1 saturated heterocycles. The Bertz CT molecular complexity index is 1010. The molecule has 8 heteroatoms. The lowest BCUT2D eigenvalue weighted by Gasteiger charge is -2.36. The van der Waals surface area contributed by atoms with Gasteiger partial charge in [-0.1, -0.05) is 0 Å². The van der Waals surface area contributed by atoms with Crippen molar-refractivity contribution in [3.05, 3.63) is 59.9 Å². The van der Waals surface area contributed by atoms with Gasteiger partial charge in [0.15, 0.2) is 0 Å². The molecule has 7 nitrogen and oxygen atoms in total. The van der Waals surface area contributed by atoms with Crippen molar-refractivity contribution >= 4 is 22.7 Å². The molecule has 0 spiro atoms. The molecule has 1 aromatic carbocycles. The summed E-state index contributed by atoms with van der Waals surface area (Å²) in [6, 6.07) is 6.16. The van der Waals surface area contributed by atoms with Crippen LogP contribution in [0.25, 0.3) is 10.9 Å². The van der Waals surface area contributed by atoms with E-state index in [9.17, 15) is 14.0 Å². The third-order valence-corrected chi connectivity index (χ3v) is 5.44. The maximum absolute atomic E-state index is 13.5. The standard InChI is InChI=1S/C21H23FN4O3/c22-16-1-2-18-17(11-16)14(12-25-18)3-7-24-20(28)21(5-8-23-9-6-21)26-19(27)15-4-10-29-13-15/h1-2,4,10-13,23,25H,3,5-9H2,(H,24,28)(H,26,27). The fraction of sp³-hybridized carbons (Fsp3) is 0.333. The summed E-state index contributed by atoms with van der Waals surface area (Å²) in [6.45, 7) is 1.67. The molecule has 0 aliphatic carbocycles. The van der Waals surface area contributed by atoms with Crippen molar-refractivity contribution in [3.63, 3.8) is 0 Å². The monoisotopic (exact) mass is 398 g/mol. The molecule has 1 aliphatic rings. The molecule has 0 saturated carbocycles. The number of amides is 2. The summed E-state index contributed by atoms with van der Waals surface area (Å²) >= 11 is 0. The van der Waals surface area contributed by atoms with Crippen molar-refractivity contribution in [2.45, 2.75) is 24.8 Å². The summed E-state index contributed by atoms with van der Waals surface area (Å²) in [5, 5.41) is 9.88. The van der Waals surface area contributed by atoms with Gasteiger partial charge in [0.25, 0.3) is 5.91 Å². The van der Waals surface area contributed by atoms with Gasteiger partial charge in [-0.25, -0.2) is 4.39 Å². The normalized spacial score (nSPS) is 15.9. The zero-order chi connectivity index (χ0) is 20.3. The van der Waals surface area contributed by atoms with Crippen LogP contribution in [-0.4, -0.2) is 42.0 Å². The van der Waals surface area contributed by atoms with Gasteiger partial charge in [-0.2, -0.15) is 0 Å². The first-order valence-corrected chi connectivity index (χ1v) is 9.67. The van der Waals surface area contributed by atoms with E-state index in [2.05, 4.69) is 20.9 Å². The first kappa shape index (κ1) is 19.2. The zero-order valence-corrected chi connectivity index (χ0v) is 15.9. The highest BCUT2D eigenvalue weighted by molar-refractivity contribution is 5.99. The Balaban J connectivity index is 1.42. The van der Waals surface area contributed by atoms with Gasteiger partial charge in [0.1, 0.15) is 17.6 Å². The number of halogens is 1. The van der Waals surface area contributed by atoms with Gasteiger partial charge in [-0.3, -0.25) is 9.59 Å². The van der Waals surface area contributed by atoms with Crippen LogP contribution in [-0.2, 0) is 11.2 Å². The summed E-state index contributed by atoms with van der Waals surface area (Å²) in [6.07, 6.45) is 6.17. The van der Waals surface area contributed by atoms with Crippen LogP contribution < -0.4 is 16.0 Å². The SMILES string of the molecule is O=C(NC1(C(=O)NCCc2c[nH]c3ccc(F)cc23)CCNCC1)c1ccoc1. The van der Waals surface area contributed by atoms with Gasteiger partial charge in [-0.15, -0.1) is 0 Å². The van der Waals surface area contributed by atoms with Crippen molar-refractivity contribution in [3.8, 4) is 0 Å². The molecule has 1 aliphatic heterocycles. The second-order valence-electron chi connectivity index (χ2n) is 7.31. The first-order chi connectivity index (χ1) is 14.1. The Morgan fingerprint density at radius 1 is 1.21 bits per heavy atom. The summed E-state index contributed by atoms with van der Waals surface area (Å²) < 4.78 is 18.5. The van der Waals surface area contributed by atoms with Crippen LogP contribution in [0.4, 0.5) is 4.39 Å². The number of piperidine rings is 1. The Hall–Kier alpha value is -3.13. The van der Waals surface area contributed by atoms with Gasteiger partial charge in [0.05, 0.1) is 11.8 Å². The largest absolute Gasteiger partial charge is 0.472 e. The number of aromatic amines is 1. The molecule has 3 heterocycles. The Labute approximate surface area is 167 Å². The lowest BCUT2D eigenvalue weighted by atomic mass is 9.86. The molecule has 3 aromatic rings. The average Bonchev–Trinajstić information content (AvgIpc) is 3.39. The number of rotatable bonds is 6. The Morgan fingerprint density at radius 2 is 2.03 bits per heavy atom. The van der Waals surface area contributed by atoms with E-state index in [0.717, 1.165) is 16.5 Å². The molecule has 0 atom stereocenters. The number of fused-ring (bicyclic) bond motifs is 1. The van der Waals surface area contributed by atoms with Crippen LogP contribution >= 0.6 is 0 Å². The number of aromatic nitrogens is 1. The molecule has 152 valence electrons. The van der Waals surface area contributed by atoms with Gasteiger partial charge in [-0.05, 0) is 62.2 Å². The highest BCUT2D eigenvalue weighted by Gasteiger charge is 2.41. The van der Waals surface area contributed by atoms with Gasteiger partial charge in [0.2, 0.25) is 5.91 Å². The summed E-state index contributed by atoms with van der Waals surface area (Å²) in [5.41, 5.74) is 1.21. The minimum absolute atomic E-state index is 0.207. The van der Waals surface area contributed by atoms with Gasteiger partial charge in [0, 0.05) is 23.6 Å². The number of hydrogen-bond donors (Lipinski definition) is 4. The maximum Gasteiger partial charge on any atom is 0.255 e. The fourth-order valence-corrected chi connectivity index (χ4v) is 3.78. The van der Waals surface area contributed by atoms with E-state index in [4.69, 9.17) is 4.42 Å². The molecule has 2 amide bonds. The van der Waals surface area contributed by atoms with Crippen LogP contribution in [0.15, 0.2) is 47.4 Å². The molecular formula is C21H23FN4O3. The van der Waals surface area contributed by atoms with Crippen LogP contribution in [0.1, 0.15) is 28.8 Å². The zero-order valence-electron chi connectivity index (χ0n) is 15.9. The van der Waals surface area contributed by atoms with Gasteiger partial charge < -0.3 is 25.4 Å². The van der Waals surface area contributed by atoms with E-state index in [1.807, 2.05) is 6.20 Å². The van der Waals surface area contributed by atoms with Crippen LogP contribution in [0.5, 0.6) is 0 Å². The number of carbonyl (C=O) groups is 2. The number of carbonyl (C=O) groups excluding carboxylic acids is 2. The molecule has 0 radical (unpaired) electrons. The number of benzene rings is 1.